The van der Waals surface area contributed by atoms with Crippen molar-refractivity contribution in [2.75, 3.05) is 19.7 Å². The number of benzene rings is 1. The van der Waals surface area contributed by atoms with Gasteiger partial charge in [-0.1, -0.05) is 11.6 Å². The number of likely N-dealkylation sites (tertiary alicyclic amines) is 1. The Labute approximate surface area is 124 Å². The SMILES string of the molecule is OC1CCC2CN(Cc3cc(Cl)cc4c3OCC4)CC12. The van der Waals surface area contributed by atoms with Crippen molar-refractivity contribution in [2.24, 2.45) is 11.8 Å². The molecule has 2 fully saturated rings. The van der Waals surface area contributed by atoms with E-state index in [4.69, 9.17) is 16.3 Å². The third-order valence-corrected chi connectivity index (χ3v) is 5.33. The Balaban J connectivity index is 1.53. The molecule has 3 atom stereocenters. The highest BCUT2D eigenvalue weighted by molar-refractivity contribution is 6.30. The third-order valence-electron chi connectivity index (χ3n) is 5.11. The number of aliphatic hydroxyl groups excluding tert-OH is 1. The number of rotatable bonds is 2. The van der Waals surface area contributed by atoms with Crippen molar-refractivity contribution in [3.63, 3.8) is 0 Å². The summed E-state index contributed by atoms with van der Waals surface area (Å²) in [6, 6.07) is 4.06. The van der Waals surface area contributed by atoms with Gasteiger partial charge >= 0.3 is 0 Å². The second-order valence-corrected chi connectivity index (χ2v) is 6.85. The van der Waals surface area contributed by atoms with E-state index in [1.54, 1.807) is 0 Å². The summed E-state index contributed by atoms with van der Waals surface area (Å²) in [6.45, 7) is 3.77. The van der Waals surface area contributed by atoms with Gasteiger partial charge in [-0.25, -0.2) is 0 Å². The number of hydrogen-bond donors (Lipinski definition) is 1. The molecule has 1 N–H and O–H groups in total. The quantitative estimate of drug-likeness (QED) is 0.909. The second kappa shape index (κ2) is 4.90. The van der Waals surface area contributed by atoms with Crippen LogP contribution in [0.25, 0.3) is 0 Å². The first-order valence-electron chi connectivity index (χ1n) is 7.55. The van der Waals surface area contributed by atoms with Gasteiger partial charge in [-0.3, -0.25) is 4.90 Å². The fraction of sp³-hybridized carbons (Fsp3) is 0.625. The molecule has 3 aliphatic rings. The van der Waals surface area contributed by atoms with E-state index in [-0.39, 0.29) is 6.10 Å². The van der Waals surface area contributed by atoms with Crippen molar-refractivity contribution in [3.8, 4) is 5.75 Å². The largest absolute Gasteiger partial charge is 0.493 e. The van der Waals surface area contributed by atoms with Crippen LogP contribution in [0.3, 0.4) is 0 Å². The fourth-order valence-corrected chi connectivity index (χ4v) is 4.43. The Kier molecular flexibility index (Phi) is 3.17. The summed E-state index contributed by atoms with van der Waals surface area (Å²) in [5.74, 6) is 2.20. The summed E-state index contributed by atoms with van der Waals surface area (Å²) in [4.78, 5) is 2.45. The maximum absolute atomic E-state index is 10.0. The molecule has 20 heavy (non-hydrogen) atoms. The van der Waals surface area contributed by atoms with Crippen LogP contribution in [0, 0.1) is 11.8 Å². The lowest BCUT2D eigenvalue weighted by atomic mass is 10.00. The van der Waals surface area contributed by atoms with Gasteiger partial charge in [0.25, 0.3) is 0 Å². The maximum atomic E-state index is 10.0. The molecule has 0 bridgehead atoms. The lowest BCUT2D eigenvalue weighted by Crippen LogP contribution is -2.24. The van der Waals surface area contributed by atoms with E-state index in [9.17, 15) is 5.11 Å². The first-order valence-corrected chi connectivity index (χ1v) is 7.93. The molecule has 0 spiro atoms. The van der Waals surface area contributed by atoms with Gasteiger partial charge < -0.3 is 9.84 Å². The Morgan fingerprint density at radius 3 is 3.05 bits per heavy atom. The summed E-state index contributed by atoms with van der Waals surface area (Å²) in [5.41, 5.74) is 2.45. The molecule has 4 rings (SSSR count). The molecule has 3 nitrogen and oxygen atoms in total. The number of fused-ring (bicyclic) bond motifs is 2. The molecule has 1 aromatic carbocycles. The topological polar surface area (TPSA) is 32.7 Å². The monoisotopic (exact) mass is 293 g/mol. The van der Waals surface area contributed by atoms with E-state index in [1.165, 1.54) is 17.5 Å². The summed E-state index contributed by atoms with van der Waals surface area (Å²) in [6.07, 6.45) is 3.03. The zero-order valence-corrected chi connectivity index (χ0v) is 12.3. The Morgan fingerprint density at radius 1 is 1.30 bits per heavy atom. The van der Waals surface area contributed by atoms with Crippen molar-refractivity contribution in [1.29, 1.82) is 0 Å². The van der Waals surface area contributed by atoms with E-state index in [0.29, 0.717) is 11.8 Å². The van der Waals surface area contributed by atoms with Gasteiger partial charge in [0.2, 0.25) is 0 Å². The Morgan fingerprint density at radius 2 is 2.20 bits per heavy atom. The molecule has 2 heterocycles. The average molecular weight is 294 g/mol. The van der Waals surface area contributed by atoms with Gasteiger partial charge in [-0.2, -0.15) is 0 Å². The van der Waals surface area contributed by atoms with Crippen LogP contribution in [-0.4, -0.2) is 35.8 Å². The second-order valence-electron chi connectivity index (χ2n) is 6.41. The first-order chi connectivity index (χ1) is 9.70. The average Bonchev–Trinajstić information content (AvgIpc) is 3.07. The zero-order chi connectivity index (χ0) is 13.7. The smallest absolute Gasteiger partial charge is 0.127 e. The minimum atomic E-state index is -0.0914. The molecule has 0 aromatic heterocycles. The van der Waals surface area contributed by atoms with E-state index in [1.807, 2.05) is 12.1 Å². The molecular formula is C16H20ClNO2. The number of aliphatic hydroxyl groups is 1. The highest BCUT2D eigenvalue weighted by Gasteiger charge is 2.41. The van der Waals surface area contributed by atoms with Crippen molar-refractivity contribution >= 4 is 11.6 Å². The van der Waals surface area contributed by atoms with Crippen molar-refractivity contribution in [3.05, 3.63) is 28.3 Å². The molecular weight excluding hydrogens is 274 g/mol. The van der Waals surface area contributed by atoms with Gasteiger partial charge in [0.15, 0.2) is 0 Å². The number of hydrogen-bond acceptors (Lipinski definition) is 3. The van der Waals surface area contributed by atoms with Crippen LogP contribution in [0.1, 0.15) is 24.0 Å². The van der Waals surface area contributed by atoms with Gasteiger partial charge in [0.1, 0.15) is 5.75 Å². The van der Waals surface area contributed by atoms with Crippen LogP contribution >= 0.6 is 11.6 Å². The lowest BCUT2D eigenvalue weighted by Gasteiger charge is -2.19. The Bertz CT molecular complexity index is 533. The first kappa shape index (κ1) is 12.9. The number of ether oxygens (including phenoxy) is 1. The van der Waals surface area contributed by atoms with Gasteiger partial charge in [0.05, 0.1) is 12.7 Å². The summed E-state index contributed by atoms with van der Waals surface area (Å²) in [5, 5.41) is 10.8. The van der Waals surface area contributed by atoms with Crippen LogP contribution in [-0.2, 0) is 13.0 Å². The lowest BCUT2D eigenvalue weighted by molar-refractivity contribution is 0.123. The summed E-state index contributed by atoms with van der Waals surface area (Å²) in [7, 11) is 0. The molecule has 3 unspecified atom stereocenters. The molecule has 108 valence electrons. The predicted molar refractivity (Wildman–Crippen MR) is 78.1 cm³/mol. The van der Waals surface area contributed by atoms with E-state index in [0.717, 1.165) is 49.9 Å². The zero-order valence-electron chi connectivity index (χ0n) is 11.5. The minimum absolute atomic E-state index is 0.0914. The third kappa shape index (κ3) is 2.12. The predicted octanol–water partition coefficient (Wildman–Crippen LogP) is 2.48. The molecule has 1 saturated heterocycles. The molecule has 0 amide bonds. The van der Waals surface area contributed by atoms with Crippen molar-refractivity contribution < 1.29 is 9.84 Å². The minimum Gasteiger partial charge on any atom is -0.493 e. The van der Waals surface area contributed by atoms with Crippen LogP contribution in [0.5, 0.6) is 5.75 Å². The summed E-state index contributed by atoms with van der Waals surface area (Å²) < 4.78 is 5.78. The van der Waals surface area contributed by atoms with E-state index in [2.05, 4.69) is 4.90 Å². The maximum Gasteiger partial charge on any atom is 0.127 e. The van der Waals surface area contributed by atoms with Crippen LogP contribution in [0.15, 0.2) is 12.1 Å². The Hall–Kier alpha value is -0.770. The molecule has 2 aliphatic heterocycles. The molecule has 4 heteroatoms. The normalized spacial score (nSPS) is 32.2. The van der Waals surface area contributed by atoms with Gasteiger partial charge in [0, 0.05) is 42.6 Å². The van der Waals surface area contributed by atoms with Gasteiger partial charge in [-0.15, -0.1) is 0 Å². The highest BCUT2D eigenvalue weighted by atomic mass is 35.5. The van der Waals surface area contributed by atoms with E-state index >= 15 is 0 Å². The number of nitrogens with zero attached hydrogens (tertiary/aromatic N) is 1. The number of halogens is 1. The van der Waals surface area contributed by atoms with Crippen LogP contribution < -0.4 is 4.74 Å². The van der Waals surface area contributed by atoms with Gasteiger partial charge in [-0.05, 0) is 36.5 Å². The molecule has 1 aromatic rings. The van der Waals surface area contributed by atoms with Crippen LogP contribution in [0.2, 0.25) is 5.02 Å². The van der Waals surface area contributed by atoms with Crippen molar-refractivity contribution in [1.82, 2.24) is 4.90 Å². The van der Waals surface area contributed by atoms with Crippen molar-refractivity contribution in [2.45, 2.75) is 31.9 Å². The molecule has 1 aliphatic carbocycles. The van der Waals surface area contributed by atoms with Crippen LogP contribution in [0.4, 0.5) is 0 Å². The van der Waals surface area contributed by atoms with E-state index < -0.39 is 0 Å². The fourth-order valence-electron chi connectivity index (χ4n) is 4.16. The highest BCUT2D eigenvalue weighted by Crippen LogP contribution is 2.40. The standard InChI is InChI=1S/C16H20ClNO2/c17-13-5-10-3-4-20-16(10)12(6-13)8-18-7-11-1-2-15(19)14(11)9-18/h5-6,11,14-15,19H,1-4,7-9H2. The summed E-state index contributed by atoms with van der Waals surface area (Å²) >= 11 is 6.22. The molecule has 1 saturated carbocycles. The molecule has 0 radical (unpaired) electrons.